The van der Waals surface area contributed by atoms with Gasteiger partial charge in [-0.15, -0.1) is 0 Å². The van der Waals surface area contributed by atoms with Gasteiger partial charge in [0.15, 0.2) is 5.96 Å². The number of aromatic nitrogens is 1. The molecule has 0 bridgehead atoms. The number of anilines is 1. The number of aromatic hydroxyl groups is 1. The fourth-order valence-electron chi connectivity index (χ4n) is 3.33. The van der Waals surface area contributed by atoms with Gasteiger partial charge in [-0.3, -0.25) is 24.4 Å². The van der Waals surface area contributed by atoms with Crippen LogP contribution in [-0.2, 0) is 9.59 Å². The highest BCUT2D eigenvalue weighted by atomic mass is 35.5. The van der Waals surface area contributed by atoms with Crippen molar-refractivity contribution in [2.45, 2.75) is 25.8 Å². The van der Waals surface area contributed by atoms with Crippen LogP contribution in [-0.4, -0.2) is 58.6 Å². The Morgan fingerprint density at radius 1 is 1.24 bits per heavy atom. The van der Waals surface area contributed by atoms with Gasteiger partial charge in [-0.1, -0.05) is 11.6 Å². The molecule has 1 aromatic heterocycles. The van der Waals surface area contributed by atoms with Crippen molar-refractivity contribution in [3.05, 3.63) is 52.3 Å². The molecule has 0 spiro atoms. The van der Waals surface area contributed by atoms with Gasteiger partial charge in [-0.2, -0.15) is 0 Å². The number of nitrogens with one attached hydrogen (secondary N) is 4. The number of phenolic OH excluding ortho intramolecular Hbond substituents is 1. The number of carbonyl (C=O) groups is 3. The average Bonchev–Trinajstić information content (AvgIpc) is 2.80. The Balaban J connectivity index is 1.62. The van der Waals surface area contributed by atoms with Crippen LogP contribution in [0.4, 0.5) is 5.69 Å². The van der Waals surface area contributed by atoms with Crippen LogP contribution in [0, 0.1) is 6.92 Å². The number of amides is 2. The van der Waals surface area contributed by atoms with Gasteiger partial charge in [0.05, 0.1) is 36.5 Å². The minimum atomic E-state index is -1.18. The van der Waals surface area contributed by atoms with E-state index < -0.39 is 36.8 Å². The summed E-state index contributed by atoms with van der Waals surface area (Å²) in [6, 6.07) is 3.44. The molecule has 1 aromatic carbocycles. The van der Waals surface area contributed by atoms with Crippen molar-refractivity contribution in [2.24, 2.45) is 4.99 Å². The summed E-state index contributed by atoms with van der Waals surface area (Å²) < 4.78 is 0. The molecular weight excluding hydrogens is 464 g/mol. The van der Waals surface area contributed by atoms with E-state index in [0.717, 1.165) is 13.0 Å². The Labute approximate surface area is 200 Å². The summed E-state index contributed by atoms with van der Waals surface area (Å²) in [6.07, 6.45) is 3.35. The molecule has 2 heterocycles. The molecule has 0 radical (unpaired) electrons. The summed E-state index contributed by atoms with van der Waals surface area (Å²) >= 11 is 6.03. The van der Waals surface area contributed by atoms with Gasteiger partial charge in [0.2, 0.25) is 5.91 Å². The summed E-state index contributed by atoms with van der Waals surface area (Å²) in [7, 11) is 0. The van der Waals surface area contributed by atoms with E-state index in [2.05, 4.69) is 31.2 Å². The summed E-state index contributed by atoms with van der Waals surface area (Å²) in [4.78, 5) is 44.6. The molecule has 1 aliphatic rings. The lowest BCUT2D eigenvalue weighted by molar-refractivity contribution is -0.137. The van der Waals surface area contributed by atoms with Crippen molar-refractivity contribution in [2.75, 3.05) is 25.0 Å². The molecule has 12 heteroatoms. The molecule has 180 valence electrons. The number of aliphatic imine (C=N–C) groups is 1. The smallest absolute Gasteiger partial charge is 0.305 e. The second-order valence-electron chi connectivity index (χ2n) is 7.66. The van der Waals surface area contributed by atoms with Crippen LogP contribution in [0.1, 0.15) is 40.4 Å². The Hall–Kier alpha value is -3.86. The van der Waals surface area contributed by atoms with Gasteiger partial charge in [-0.05, 0) is 37.1 Å². The van der Waals surface area contributed by atoms with Gasteiger partial charge in [0.1, 0.15) is 5.75 Å². The zero-order chi connectivity index (χ0) is 24.7. The number of aryl methyl sites for hydroxylation is 1. The first-order valence-electron chi connectivity index (χ1n) is 10.5. The number of aliphatic carboxylic acids is 1. The van der Waals surface area contributed by atoms with Crippen LogP contribution in [0.5, 0.6) is 5.75 Å². The van der Waals surface area contributed by atoms with Crippen LogP contribution in [0.3, 0.4) is 0 Å². The number of carboxylic acid groups (broad SMARTS) is 1. The number of halogens is 1. The van der Waals surface area contributed by atoms with Crippen LogP contribution in [0.15, 0.2) is 35.6 Å². The van der Waals surface area contributed by atoms with Crippen LogP contribution in [0.2, 0.25) is 5.02 Å². The molecule has 0 saturated carbocycles. The Bertz CT molecular complexity index is 1120. The number of benzene rings is 1. The first-order chi connectivity index (χ1) is 16.2. The second-order valence-corrected chi connectivity index (χ2v) is 8.10. The molecule has 0 aliphatic carbocycles. The first kappa shape index (κ1) is 24.8. The Kier molecular flexibility index (Phi) is 8.25. The number of hydrogen-bond acceptors (Lipinski definition) is 8. The van der Waals surface area contributed by atoms with Gasteiger partial charge < -0.3 is 31.5 Å². The molecule has 3 rings (SSSR count). The minimum Gasteiger partial charge on any atom is -0.507 e. The number of phenols is 1. The maximum absolute atomic E-state index is 12.5. The zero-order valence-corrected chi connectivity index (χ0v) is 19.1. The molecular formula is C22H25ClN6O5. The molecule has 1 aliphatic heterocycles. The van der Waals surface area contributed by atoms with E-state index in [0.29, 0.717) is 28.8 Å². The third kappa shape index (κ3) is 6.82. The lowest BCUT2D eigenvalue weighted by Crippen LogP contribution is -2.39. The van der Waals surface area contributed by atoms with Crippen molar-refractivity contribution < 1.29 is 24.6 Å². The number of pyridine rings is 1. The minimum absolute atomic E-state index is 0.160. The SMILES string of the molecule is Cc1cc(Cl)cc(C(CC(=O)O)NC(=O)CNC(=O)c2cncc(NC3=NCCCN3)c2)c1O. The summed E-state index contributed by atoms with van der Waals surface area (Å²) in [5.74, 6) is -1.93. The normalized spacial score (nSPS) is 13.8. The van der Waals surface area contributed by atoms with Crippen molar-refractivity contribution in [1.29, 1.82) is 0 Å². The fourth-order valence-corrected chi connectivity index (χ4v) is 3.62. The summed E-state index contributed by atoms with van der Waals surface area (Å²) in [6.45, 7) is 2.69. The number of nitrogens with zero attached hydrogens (tertiary/aromatic N) is 2. The van der Waals surface area contributed by atoms with Crippen molar-refractivity contribution >= 4 is 41.0 Å². The molecule has 34 heavy (non-hydrogen) atoms. The van der Waals surface area contributed by atoms with E-state index in [1.165, 1.54) is 24.5 Å². The van der Waals surface area contributed by atoms with Crippen molar-refractivity contribution in [1.82, 2.24) is 20.9 Å². The molecule has 2 amide bonds. The highest BCUT2D eigenvalue weighted by Gasteiger charge is 2.23. The van der Waals surface area contributed by atoms with Crippen molar-refractivity contribution in [3.63, 3.8) is 0 Å². The van der Waals surface area contributed by atoms with Gasteiger partial charge in [-0.25, -0.2) is 0 Å². The fraction of sp³-hybridized carbons (Fsp3) is 0.318. The van der Waals surface area contributed by atoms with E-state index in [1.807, 2.05) is 0 Å². The predicted octanol–water partition coefficient (Wildman–Crippen LogP) is 1.57. The number of carboxylic acids is 1. The molecule has 0 saturated heterocycles. The quantitative estimate of drug-likeness (QED) is 0.326. The number of hydrogen-bond donors (Lipinski definition) is 6. The average molecular weight is 489 g/mol. The maximum atomic E-state index is 12.5. The lowest BCUT2D eigenvalue weighted by Gasteiger charge is -2.20. The van der Waals surface area contributed by atoms with E-state index >= 15 is 0 Å². The number of carbonyl (C=O) groups excluding carboxylic acids is 2. The lowest BCUT2D eigenvalue weighted by atomic mass is 10.00. The largest absolute Gasteiger partial charge is 0.507 e. The number of rotatable bonds is 8. The van der Waals surface area contributed by atoms with Gasteiger partial charge in [0, 0.05) is 29.9 Å². The molecule has 0 fully saturated rings. The topological polar surface area (TPSA) is 165 Å². The van der Waals surface area contributed by atoms with Crippen LogP contribution in [0.25, 0.3) is 0 Å². The van der Waals surface area contributed by atoms with Gasteiger partial charge in [0.25, 0.3) is 5.91 Å². The standard InChI is InChI=1S/C22H25ClN6O5/c1-12-5-14(23)7-16(20(12)33)17(8-19(31)32)29-18(30)11-27-21(34)13-6-15(10-24-9-13)28-22-25-3-2-4-26-22/h5-7,9-10,17,33H,2-4,8,11H2,1H3,(H,27,34)(H,29,30)(H,31,32)(H2,25,26,28). The molecule has 2 aromatic rings. The van der Waals surface area contributed by atoms with Gasteiger partial charge >= 0.3 is 5.97 Å². The highest BCUT2D eigenvalue weighted by Crippen LogP contribution is 2.32. The Morgan fingerprint density at radius 3 is 2.74 bits per heavy atom. The van der Waals surface area contributed by atoms with E-state index in [1.54, 1.807) is 13.0 Å². The van der Waals surface area contributed by atoms with Crippen LogP contribution < -0.4 is 21.3 Å². The van der Waals surface area contributed by atoms with E-state index in [9.17, 15) is 24.6 Å². The summed E-state index contributed by atoms with van der Waals surface area (Å²) in [5.41, 5.74) is 1.39. The second kappa shape index (κ2) is 11.3. The number of guanidine groups is 1. The monoisotopic (exact) mass is 488 g/mol. The first-order valence-corrected chi connectivity index (χ1v) is 10.9. The highest BCUT2D eigenvalue weighted by molar-refractivity contribution is 6.30. The molecule has 1 atom stereocenters. The predicted molar refractivity (Wildman–Crippen MR) is 126 cm³/mol. The molecule has 6 N–H and O–H groups in total. The molecule has 1 unspecified atom stereocenters. The third-order valence-corrected chi connectivity index (χ3v) is 5.17. The van der Waals surface area contributed by atoms with Crippen molar-refractivity contribution in [3.8, 4) is 5.75 Å². The van der Waals surface area contributed by atoms with Crippen LogP contribution >= 0.6 is 11.6 Å². The Morgan fingerprint density at radius 2 is 2.03 bits per heavy atom. The van der Waals surface area contributed by atoms with E-state index in [4.69, 9.17) is 11.6 Å². The maximum Gasteiger partial charge on any atom is 0.305 e. The summed E-state index contributed by atoms with van der Waals surface area (Å²) in [5, 5.41) is 31.0. The third-order valence-electron chi connectivity index (χ3n) is 4.95. The van der Waals surface area contributed by atoms with E-state index in [-0.39, 0.29) is 16.9 Å². The molecule has 11 nitrogen and oxygen atoms in total. The zero-order valence-electron chi connectivity index (χ0n) is 18.4.